The van der Waals surface area contributed by atoms with Gasteiger partial charge in [-0.05, 0) is 24.6 Å². The number of halogens is 2. The zero-order valence-corrected chi connectivity index (χ0v) is 21.2. The largest absolute Gasteiger partial charge is 0.435 e. The summed E-state index contributed by atoms with van der Waals surface area (Å²) >= 11 is 0. The maximum atomic E-state index is 13.0. The number of benzene rings is 1. The Morgan fingerprint density at radius 3 is 2.61 bits per heavy atom. The Kier molecular flexibility index (Phi) is 9.96. The van der Waals surface area contributed by atoms with Gasteiger partial charge in [0.1, 0.15) is 5.75 Å². The van der Waals surface area contributed by atoms with E-state index >= 15 is 0 Å². The Balaban J connectivity index is 1.68. The monoisotopic (exact) mass is 551 g/mol. The molecule has 3 rings (SSSR count). The molecular formula is C24H27F2N5O6S. The van der Waals surface area contributed by atoms with Gasteiger partial charge in [0.25, 0.3) is 5.89 Å². The van der Waals surface area contributed by atoms with Gasteiger partial charge in [0.2, 0.25) is 17.6 Å². The molecule has 2 aromatic heterocycles. The fraction of sp³-hybridized carbons (Fsp3) is 0.375. The van der Waals surface area contributed by atoms with E-state index in [1.165, 1.54) is 30.5 Å². The van der Waals surface area contributed by atoms with E-state index in [0.717, 1.165) is 0 Å². The average molecular weight is 552 g/mol. The normalized spacial score (nSPS) is 13.2. The number of pyridine rings is 1. The van der Waals surface area contributed by atoms with Crippen molar-refractivity contribution in [2.24, 2.45) is 5.73 Å². The molecule has 38 heavy (non-hydrogen) atoms. The first-order valence-corrected chi connectivity index (χ1v) is 13.5. The molecule has 3 N–H and O–H groups in total. The number of Topliss-reactive ketones (excluding diaryl/α,β-unsaturated/α-hetero) is 1. The molecule has 3 aromatic rings. The number of aromatic nitrogens is 3. The van der Waals surface area contributed by atoms with Crippen LogP contribution in [0.3, 0.4) is 0 Å². The highest BCUT2D eigenvalue weighted by molar-refractivity contribution is 7.90. The van der Waals surface area contributed by atoms with Gasteiger partial charge in [-0.2, -0.15) is 8.78 Å². The Bertz CT molecular complexity index is 1340. The van der Waals surface area contributed by atoms with Crippen LogP contribution in [0.25, 0.3) is 11.5 Å². The van der Waals surface area contributed by atoms with Crippen molar-refractivity contribution in [3.8, 4) is 17.2 Å². The molecule has 0 aliphatic rings. The number of hydrogen-bond donors (Lipinski definition) is 2. The Morgan fingerprint density at radius 1 is 1.16 bits per heavy atom. The number of sulfone groups is 1. The minimum absolute atomic E-state index is 0.00257. The molecule has 0 spiro atoms. The van der Waals surface area contributed by atoms with Crippen molar-refractivity contribution in [1.82, 2.24) is 20.5 Å². The van der Waals surface area contributed by atoms with Crippen LogP contribution in [0.4, 0.5) is 8.78 Å². The van der Waals surface area contributed by atoms with E-state index in [9.17, 15) is 26.8 Å². The van der Waals surface area contributed by atoms with E-state index in [-0.39, 0.29) is 29.5 Å². The number of rotatable bonds is 14. The van der Waals surface area contributed by atoms with Gasteiger partial charge >= 0.3 is 6.61 Å². The molecular weight excluding hydrogens is 524 g/mol. The highest BCUT2D eigenvalue weighted by Gasteiger charge is 2.30. The third kappa shape index (κ3) is 8.11. The molecule has 2 atom stereocenters. The first-order chi connectivity index (χ1) is 18.1. The summed E-state index contributed by atoms with van der Waals surface area (Å²) < 4.78 is 60.5. The van der Waals surface area contributed by atoms with Crippen LogP contribution in [-0.2, 0) is 20.4 Å². The Labute approximate surface area is 217 Å². The van der Waals surface area contributed by atoms with E-state index in [4.69, 9.17) is 10.2 Å². The minimum atomic E-state index is -4.03. The topological polar surface area (TPSA) is 167 Å². The number of carbonyl (C=O) groups excluding carboxylic acids is 2. The number of para-hydroxylation sites is 1. The lowest BCUT2D eigenvalue weighted by Gasteiger charge is -2.19. The van der Waals surface area contributed by atoms with Crippen molar-refractivity contribution in [1.29, 1.82) is 0 Å². The van der Waals surface area contributed by atoms with Crippen LogP contribution in [0, 0.1) is 0 Å². The molecule has 1 amide bonds. The second-order valence-electron chi connectivity index (χ2n) is 8.37. The highest BCUT2D eigenvalue weighted by Crippen LogP contribution is 2.23. The van der Waals surface area contributed by atoms with E-state index in [1.54, 1.807) is 18.3 Å². The summed E-state index contributed by atoms with van der Waals surface area (Å²) in [7, 11) is -4.03. The van der Waals surface area contributed by atoms with Crippen LogP contribution in [-0.4, -0.2) is 59.7 Å². The second-order valence-corrected chi connectivity index (χ2v) is 10.5. The number of nitrogens with zero attached hydrogens (tertiary/aromatic N) is 3. The summed E-state index contributed by atoms with van der Waals surface area (Å²) in [5.74, 6) is -3.55. The molecule has 0 radical (unpaired) electrons. The molecule has 204 valence electrons. The van der Waals surface area contributed by atoms with Crippen molar-refractivity contribution in [3.05, 3.63) is 60.2 Å². The summed E-state index contributed by atoms with van der Waals surface area (Å²) in [6.07, 6.45) is 4.54. The molecule has 2 unspecified atom stereocenters. The van der Waals surface area contributed by atoms with Crippen LogP contribution in [0.5, 0.6) is 5.75 Å². The van der Waals surface area contributed by atoms with Gasteiger partial charge < -0.3 is 20.2 Å². The van der Waals surface area contributed by atoms with Crippen LogP contribution in [0.15, 0.2) is 53.2 Å². The quantitative estimate of drug-likeness (QED) is 0.284. The summed E-state index contributed by atoms with van der Waals surface area (Å²) in [4.78, 5) is 29.8. The molecule has 11 nitrogen and oxygen atoms in total. The highest BCUT2D eigenvalue weighted by atomic mass is 32.2. The van der Waals surface area contributed by atoms with E-state index in [2.05, 4.69) is 25.2 Å². The Hall–Kier alpha value is -3.78. The van der Waals surface area contributed by atoms with Gasteiger partial charge in [0.05, 0.1) is 29.2 Å². The van der Waals surface area contributed by atoms with Crippen molar-refractivity contribution < 1.29 is 35.9 Å². The van der Waals surface area contributed by atoms with Gasteiger partial charge in [-0.15, -0.1) is 10.2 Å². The van der Waals surface area contributed by atoms with Crippen molar-refractivity contribution in [2.75, 3.05) is 5.75 Å². The molecule has 2 heterocycles. The van der Waals surface area contributed by atoms with Crippen molar-refractivity contribution in [3.63, 3.8) is 0 Å². The van der Waals surface area contributed by atoms with Crippen LogP contribution < -0.4 is 15.8 Å². The van der Waals surface area contributed by atoms with Gasteiger partial charge in [0.15, 0.2) is 9.84 Å². The number of ether oxygens (including phenoxy) is 1. The number of nitrogens with two attached hydrogens (primary N) is 1. The molecule has 0 saturated carbocycles. The van der Waals surface area contributed by atoms with E-state index in [0.29, 0.717) is 18.4 Å². The number of amides is 1. The molecule has 1 aromatic carbocycles. The van der Waals surface area contributed by atoms with Crippen LogP contribution in [0.1, 0.15) is 42.4 Å². The third-order valence-corrected chi connectivity index (χ3v) is 6.98. The summed E-state index contributed by atoms with van der Waals surface area (Å²) in [6, 6.07) is 6.14. The van der Waals surface area contributed by atoms with E-state index in [1.807, 2.05) is 6.92 Å². The van der Waals surface area contributed by atoms with Gasteiger partial charge in [-0.25, -0.2) is 8.42 Å². The first-order valence-electron chi connectivity index (χ1n) is 11.7. The Morgan fingerprint density at radius 2 is 1.92 bits per heavy atom. The average Bonchev–Trinajstić information content (AvgIpc) is 3.37. The number of nitrogens with one attached hydrogen (secondary N) is 1. The third-order valence-electron chi connectivity index (χ3n) is 5.36. The predicted molar refractivity (Wildman–Crippen MR) is 132 cm³/mol. The zero-order valence-electron chi connectivity index (χ0n) is 20.4. The smallest absolute Gasteiger partial charge is 0.387 e. The number of unbranched alkanes of at least 4 members (excludes halogenated alkanes) is 1. The van der Waals surface area contributed by atoms with Gasteiger partial charge in [-0.3, -0.25) is 14.6 Å². The molecule has 14 heteroatoms. The van der Waals surface area contributed by atoms with Gasteiger partial charge in [-0.1, -0.05) is 38.0 Å². The lowest BCUT2D eigenvalue weighted by Crippen LogP contribution is -2.51. The molecule has 0 aliphatic heterocycles. The minimum Gasteiger partial charge on any atom is -0.435 e. The fourth-order valence-corrected chi connectivity index (χ4v) is 5.04. The van der Waals surface area contributed by atoms with E-state index < -0.39 is 51.7 Å². The zero-order chi connectivity index (χ0) is 27.7. The van der Waals surface area contributed by atoms with Crippen LogP contribution in [0.2, 0.25) is 0 Å². The number of ketones is 1. The standard InChI is InChI=1S/C24H27F2N5O6S/c1-2-3-9-18(20(32)23-31-30-22(37-23)15-8-6-11-28-12-15)29-21(33)17(27)14-38(34,35)13-16-7-4-5-10-19(16)36-24(25)26/h4-8,10-12,17-18,24H,2-3,9,13-14,27H2,1H3,(H,29,33). The number of carbonyl (C=O) groups is 2. The van der Waals surface area contributed by atoms with Crippen molar-refractivity contribution >= 4 is 21.5 Å². The SMILES string of the molecule is CCCCC(NC(=O)C(N)CS(=O)(=O)Cc1ccccc1OC(F)F)C(=O)c1nnc(-c2cccnc2)o1. The fourth-order valence-electron chi connectivity index (χ4n) is 3.51. The lowest BCUT2D eigenvalue weighted by atomic mass is 10.0. The predicted octanol–water partition coefficient (Wildman–Crippen LogP) is 2.53. The number of alkyl halides is 2. The summed E-state index contributed by atoms with van der Waals surface area (Å²) in [5.41, 5.74) is 6.36. The second kappa shape index (κ2) is 13.1. The summed E-state index contributed by atoms with van der Waals surface area (Å²) in [6.45, 7) is -1.24. The molecule has 0 saturated heterocycles. The van der Waals surface area contributed by atoms with Crippen LogP contribution >= 0.6 is 0 Å². The lowest BCUT2D eigenvalue weighted by molar-refractivity contribution is -0.122. The summed E-state index contributed by atoms with van der Waals surface area (Å²) in [5, 5.41) is 10.1. The van der Waals surface area contributed by atoms with Crippen molar-refractivity contribution in [2.45, 2.75) is 50.6 Å². The molecule has 0 fully saturated rings. The number of hydrogen-bond acceptors (Lipinski definition) is 10. The maximum Gasteiger partial charge on any atom is 0.387 e. The first kappa shape index (κ1) is 28.8. The maximum absolute atomic E-state index is 13.0. The molecule has 0 bridgehead atoms. The van der Waals surface area contributed by atoms with Gasteiger partial charge in [0, 0.05) is 18.0 Å². The molecule has 0 aliphatic carbocycles.